The quantitative estimate of drug-likeness (QED) is 0.723. The third kappa shape index (κ3) is 7.32. The van der Waals surface area contributed by atoms with Crippen LogP contribution in [0.4, 0.5) is 5.69 Å². The summed E-state index contributed by atoms with van der Waals surface area (Å²) in [5.74, 6) is 0.246. The van der Waals surface area contributed by atoms with E-state index in [0.29, 0.717) is 32.2 Å². The Morgan fingerprint density at radius 1 is 1.00 bits per heavy atom. The molecule has 1 heterocycles. The van der Waals surface area contributed by atoms with Crippen LogP contribution >= 0.6 is 0 Å². The Morgan fingerprint density at radius 3 is 2.32 bits per heavy atom. The van der Waals surface area contributed by atoms with Crippen molar-refractivity contribution in [2.45, 2.75) is 64.3 Å². The standard InChI is InChI=1S/C25H40N4O2/c1-3-21-11-9-10-14-23(21)26-24(30)19-28-15-17-29(18-16-28)25(31)20-27(2)22-12-7-5-4-6-8-13-22/h9-11,14,22H,3-8,12-13,15-20H2,1-2H3,(H,26,30). The van der Waals surface area contributed by atoms with Gasteiger partial charge in [0.1, 0.15) is 0 Å². The average Bonchev–Trinajstić information content (AvgIpc) is 2.74. The van der Waals surface area contributed by atoms with Crippen LogP contribution in [0.15, 0.2) is 24.3 Å². The summed E-state index contributed by atoms with van der Waals surface area (Å²) >= 11 is 0. The second-order valence-electron chi connectivity index (χ2n) is 9.13. The number of piperazine rings is 1. The first-order valence-corrected chi connectivity index (χ1v) is 12.1. The van der Waals surface area contributed by atoms with Crippen molar-refractivity contribution in [3.63, 3.8) is 0 Å². The molecule has 0 bridgehead atoms. The number of para-hydroxylation sites is 1. The fourth-order valence-corrected chi connectivity index (χ4v) is 4.82. The minimum atomic E-state index is 0.0182. The Morgan fingerprint density at radius 2 is 1.65 bits per heavy atom. The Labute approximate surface area is 188 Å². The average molecular weight is 429 g/mol. The van der Waals surface area contributed by atoms with E-state index in [4.69, 9.17) is 0 Å². The van der Waals surface area contributed by atoms with Gasteiger partial charge < -0.3 is 10.2 Å². The minimum Gasteiger partial charge on any atom is -0.339 e. The second-order valence-corrected chi connectivity index (χ2v) is 9.13. The number of amides is 2. The molecule has 1 saturated heterocycles. The second kappa shape index (κ2) is 12.2. The van der Waals surface area contributed by atoms with Crippen molar-refractivity contribution >= 4 is 17.5 Å². The molecule has 1 aliphatic heterocycles. The molecule has 6 heteroatoms. The van der Waals surface area contributed by atoms with Gasteiger partial charge in [-0.1, -0.05) is 57.2 Å². The lowest BCUT2D eigenvalue weighted by Crippen LogP contribution is -2.52. The van der Waals surface area contributed by atoms with E-state index < -0.39 is 0 Å². The maximum absolute atomic E-state index is 12.8. The molecule has 2 amide bonds. The largest absolute Gasteiger partial charge is 0.339 e. The van der Waals surface area contributed by atoms with Gasteiger partial charge in [0.05, 0.1) is 13.1 Å². The highest BCUT2D eigenvalue weighted by molar-refractivity contribution is 5.93. The lowest BCUT2D eigenvalue weighted by molar-refractivity contribution is -0.134. The van der Waals surface area contributed by atoms with Crippen LogP contribution in [0.1, 0.15) is 57.4 Å². The SMILES string of the molecule is CCc1ccccc1NC(=O)CN1CCN(C(=O)CN(C)C2CCCCCCC2)CC1. The van der Waals surface area contributed by atoms with E-state index in [1.165, 1.54) is 44.9 Å². The van der Waals surface area contributed by atoms with Crippen molar-refractivity contribution in [2.75, 3.05) is 51.6 Å². The van der Waals surface area contributed by atoms with Gasteiger partial charge >= 0.3 is 0 Å². The molecule has 1 aliphatic carbocycles. The van der Waals surface area contributed by atoms with Gasteiger partial charge in [-0.05, 0) is 37.9 Å². The molecule has 0 aromatic heterocycles. The molecule has 6 nitrogen and oxygen atoms in total. The highest BCUT2D eigenvalue weighted by Gasteiger charge is 2.25. The number of anilines is 1. The van der Waals surface area contributed by atoms with Crippen LogP contribution in [0, 0.1) is 0 Å². The molecule has 2 aliphatic rings. The summed E-state index contributed by atoms with van der Waals surface area (Å²) in [4.78, 5) is 31.7. The molecular formula is C25H40N4O2. The predicted octanol–water partition coefficient (Wildman–Crippen LogP) is 3.38. The van der Waals surface area contributed by atoms with Crippen molar-refractivity contribution in [2.24, 2.45) is 0 Å². The number of rotatable bonds is 7. The van der Waals surface area contributed by atoms with E-state index >= 15 is 0 Å². The van der Waals surface area contributed by atoms with E-state index in [2.05, 4.69) is 29.1 Å². The van der Waals surface area contributed by atoms with E-state index in [9.17, 15) is 9.59 Å². The number of aryl methyl sites for hydroxylation is 1. The van der Waals surface area contributed by atoms with Crippen molar-refractivity contribution in [3.8, 4) is 0 Å². The lowest BCUT2D eigenvalue weighted by atomic mass is 9.96. The molecule has 31 heavy (non-hydrogen) atoms. The summed E-state index contributed by atoms with van der Waals surface area (Å²) in [5, 5.41) is 3.05. The Hall–Kier alpha value is -1.92. The van der Waals surface area contributed by atoms with Gasteiger partial charge in [0.15, 0.2) is 0 Å². The van der Waals surface area contributed by atoms with Crippen molar-refractivity contribution in [1.29, 1.82) is 0 Å². The van der Waals surface area contributed by atoms with Gasteiger partial charge in [0, 0.05) is 37.9 Å². The number of nitrogens with one attached hydrogen (secondary N) is 1. The minimum absolute atomic E-state index is 0.0182. The van der Waals surface area contributed by atoms with Gasteiger partial charge in [0.25, 0.3) is 0 Å². The monoisotopic (exact) mass is 428 g/mol. The number of hydrogen-bond acceptors (Lipinski definition) is 4. The molecule has 2 fully saturated rings. The molecule has 1 aromatic rings. The van der Waals surface area contributed by atoms with Crippen LogP contribution in [0.2, 0.25) is 0 Å². The first-order valence-electron chi connectivity index (χ1n) is 12.1. The maximum atomic E-state index is 12.8. The third-order valence-corrected chi connectivity index (χ3v) is 6.85. The van der Waals surface area contributed by atoms with Crippen LogP contribution in [-0.2, 0) is 16.0 Å². The summed E-state index contributed by atoms with van der Waals surface area (Å²) in [5.41, 5.74) is 2.06. The molecule has 1 N–H and O–H groups in total. The Bertz CT molecular complexity index is 707. The summed E-state index contributed by atoms with van der Waals surface area (Å²) in [6.45, 7) is 5.90. The number of benzene rings is 1. The first kappa shape index (κ1) is 23.7. The van der Waals surface area contributed by atoms with E-state index in [0.717, 1.165) is 30.8 Å². The van der Waals surface area contributed by atoms with Crippen LogP contribution in [0.3, 0.4) is 0 Å². The van der Waals surface area contributed by atoms with Crippen molar-refractivity contribution in [3.05, 3.63) is 29.8 Å². The van der Waals surface area contributed by atoms with Crippen LogP contribution in [-0.4, -0.2) is 78.9 Å². The molecule has 0 spiro atoms. The van der Waals surface area contributed by atoms with Crippen LogP contribution in [0.5, 0.6) is 0 Å². The van der Waals surface area contributed by atoms with Gasteiger partial charge in [-0.3, -0.25) is 19.4 Å². The Balaban J connectivity index is 1.40. The van der Waals surface area contributed by atoms with Gasteiger partial charge in [-0.15, -0.1) is 0 Å². The fraction of sp³-hybridized carbons (Fsp3) is 0.680. The molecule has 3 rings (SSSR count). The predicted molar refractivity (Wildman–Crippen MR) is 126 cm³/mol. The van der Waals surface area contributed by atoms with Gasteiger partial charge in [0.2, 0.25) is 11.8 Å². The molecule has 0 atom stereocenters. The molecule has 172 valence electrons. The highest BCUT2D eigenvalue weighted by atomic mass is 16.2. The summed E-state index contributed by atoms with van der Waals surface area (Å²) in [7, 11) is 2.11. The fourth-order valence-electron chi connectivity index (χ4n) is 4.82. The molecule has 0 radical (unpaired) electrons. The summed E-state index contributed by atoms with van der Waals surface area (Å²) < 4.78 is 0. The van der Waals surface area contributed by atoms with Crippen LogP contribution < -0.4 is 5.32 Å². The maximum Gasteiger partial charge on any atom is 0.238 e. The smallest absolute Gasteiger partial charge is 0.238 e. The summed E-state index contributed by atoms with van der Waals surface area (Å²) in [6.07, 6.45) is 9.92. The number of nitrogens with zero attached hydrogens (tertiary/aromatic N) is 3. The zero-order chi connectivity index (χ0) is 22.1. The zero-order valence-electron chi connectivity index (χ0n) is 19.4. The van der Waals surface area contributed by atoms with Gasteiger partial charge in [-0.2, -0.15) is 0 Å². The van der Waals surface area contributed by atoms with Gasteiger partial charge in [-0.25, -0.2) is 0 Å². The number of carbonyl (C=O) groups is 2. The van der Waals surface area contributed by atoms with Crippen LogP contribution in [0.25, 0.3) is 0 Å². The number of likely N-dealkylation sites (N-methyl/N-ethyl adjacent to an activating group) is 1. The molecule has 1 saturated carbocycles. The Kier molecular flexibility index (Phi) is 9.34. The van der Waals surface area contributed by atoms with Crippen molar-refractivity contribution < 1.29 is 9.59 Å². The summed E-state index contributed by atoms with van der Waals surface area (Å²) in [6, 6.07) is 8.50. The van der Waals surface area contributed by atoms with E-state index in [1.54, 1.807) is 0 Å². The lowest BCUT2D eigenvalue weighted by Gasteiger charge is -2.36. The van der Waals surface area contributed by atoms with E-state index in [-0.39, 0.29) is 11.8 Å². The molecule has 0 unspecified atom stereocenters. The molecule has 1 aromatic carbocycles. The first-order chi connectivity index (χ1) is 15.1. The normalized spacial score (nSPS) is 19.1. The number of carbonyl (C=O) groups excluding carboxylic acids is 2. The number of hydrogen-bond donors (Lipinski definition) is 1. The molecular weight excluding hydrogens is 388 g/mol. The highest BCUT2D eigenvalue weighted by Crippen LogP contribution is 2.21. The third-order valence-electron chi connectivity index (χ3n) is 6.85. The zero-order valence-corrected chi connectivity index (χ0v) is 19.4. The van der Waals surface area contributed by atoms with Crippen molar-refractivity contribution in [1.82, 2.24) is 14.7 Å². The topological polar surface area (TPSA) is 55.9 Å². The van der Waals surface area contributed by atoms with E-state index in [1.807, 2.05) is 29.2 Å².